The zero-order valence-electron chi connectivity index (χ0n) is 20.6. The zero-order chi connectivity index (χ0) is 25.3. The van der Waals surface area contributed by atoms with E-state index >= 15 is 0 Å². The van der Waals surface area contributed by atoms with Crippen LogP contribution in [0.3, 0.4) is 0 Å². The van der Waals surface area contributed by atoms with E-state index in [1.165, 1.54) is 0 Å². The van der Waals surface area contributed by atoms with E-state index in [-0.39, 0.29) is 17.7 Å². The Hall–Kier alpha value is -2.76. The minimum atomic E-state index is -0.609. The Morgan fingerprint density at radius 3 is 2.11 bits per heavy atom. The van der Waals surface area contributed by atoms with E-state index in [1.807, 2.05) is 73.0 Å². The van der Waals surface area contributed by atoms with Crippen LogP contribution in [-0.2, 0) is 4.79 Å². The van der Waals surface area contributed by atoms with Gasteiger partial charge in [0.05, 0.1) is 16.7 Å². The molecule has 0 saturated carbocycles. The first kappa shape index (κ1) is 25.3. The van der Waals surface area contributed by atoms with E-state index in [1.54, 1.807) is 0 Å². The molecular weight excluding hydrogens is 481 g/mol. The molecule has 5 nitrogen and oxygen atoms in total. The maximum absolute atomic E-state index is 13.7. The molecule has 1 aliphatic heterocycles. The highest BCUT2D eigenvalue weighted by Crippen LogP contribution is 2.32. The third-order valence-electron chi connectivity index (χ3n) is 6.74. The maximum Gasteiger partial charge on any atom is 0.255 e. The lowest BCUT2D eigenvalue weighted by atomic mass is 9.94. The molecule has 1 aromatic heterocycles. The molecule has 2 amide bonds. The maximum atomic E-state index is 13.7. The first-order valence-corrected chi connectivity index (χ1v) is 12.7. The highest BCUT2D eigenvalue weighted by atomic mass is 35.5. The molecule has 184 valence electrons. The predicted molar refractivity (Wildman–Crippen MR) is 143 cm³/mol. The summed E-state index contributed by atoms with van der Waals surface area (Å²) in [6.45, 7) is 9.77. The second kappa shape index (κ2) is 10.1. The summed E-state index contributed by atoms with van der Waals surface area (Å²) >= 11 is 12.1. The van der Waals surface area contributed by atoms with Crippen molar-refractivity contribution < 1.29 is 9.59 Å². The molecule has 35 heavy (non-hydrogen) atoms. The van der Waals surface area contributed by atoms with Crippen LogP contribution in [-0.4, -0.2) is 58.2 Å². The Labute approximate surface area is 217 Å². The SMILES string of the molecule is Cc1ccccc1-n1c(-c2ccc(Cl)cc2)cc(C(=O)N2CCN(C(=O)C(C)(C)CCl)CC2)c1C. The van der Waals surface area contributed by atoms with Crippen molar-refractivity contribution in [3.8, 4) is 16.9 Å². The van der Waals surface area contributed by atoms with Crippen LogP contribution in [0.1, 0.15) is 35.5 Å². The van der Waals surface area contributed by atoms with Gasteiger partial charge in [-0.25, -0.2) is 0 Å². The topological polar surface area (TPSA) is 45.6 Å². The number of aryl methyl sites for hydroxylation is 1. The van der Waals surface area contributed by atoms with Gasteiger partial charge < -0.3 is 14.4 Å². The lowest BCUT2D eigenvalue weighted by molar-refractivity contribution is -0.140. The van der Waals surface area contributed by atoms with E-state index < -0.39 is 5.41 Å². The van der Waals surface area contributed by atoms with Gasteiger partial charge in [0.25, 0.3) is 5.91 Å². The van der Waals surface area contributed by atoms with Gasteiger partial charge in [0.1, 0.15) is 0 Å². The molecule has 0 bridgehead atoms. The van der Waals surface area contributed by atoms with Crippen LogP contribution < -0.4 is 0 Å². The molecule has 0 unspecified atom stereocenters. The molecular formula is C28H31Cl2N3O2. The number of carbonyl (C=O) groups is 2. The lowest BCUT2D eigenvalue weighted by Gasteiger charge is -2.38. The van der Waals surface area contributed by atoms with Gasteiger partial charge in [-0.05, 0) is 63.1 Å². The summed E-state index contributed by atoms with van der Waals surface area (Å²) < 4.78 is 2.15. The third kappa shape index (κ3) is 4.98. The van der Waals surface area contributed by atoms with Crippen LogP contribution >= 0.6 is 23.2 Å². The number of halogens is 2. The minimum absolute atomic E-state index is 0.0197. The van der Waals surface area contributed by atoms with Crippen molar-refractivity contribution in [2.75, 3.05) is 32.1 Å². The molecule has 3 aromatic rings. The summed E-state index contributed by atoms with van der Waals surface area (Å²) in [7, 11) is 0. The average molecular weight is 512 g/mol. The van der Waals surface area contributed by atoms with Crippen LogP contribution in [0.2, 0.25) is 5.02 Å². The molecule has 2 heterocycles. The lowest BCUT2D eigenvalue weighted by Crippen LogP contribution is -2.53. The van der Waals surface area contributed by atoms with Crippen LogP contribution in [0.4, 0.5) is 0 Å². The number of benzene rings is 2. The molecule has 0 N–H and O–H groups in total. The van der Waals surface area contributed by atoms with Gasteiger partial charge in [-0.3, -0.25) is 9.59 Å². The second-order valence-electron chi connectivity index (χ2n) is 9.76. The number of para-hydroxylation sites is 1. The summed E-state index contributed by atoms with van der Waals surface area (Å²) in [6, 6.07) is 17.8. The number of aromatic nitrogens is 1. The highest BCUT2D eigenvalue weighted by molar-refractivity contribution is 6.30. The van der Waals surface area contributed by atoms with E-state index in [0.717, 1.165) is 28.2 Å². The van der Waals surface area contributed by atoms with Gasteiger partial charge in [-0.15, -0.1) is 11.6 Å². The standard InChI is InChI=1S/C28H31Cl2N3O2/c1-19-7-5-6-8-24(19)33-20(2)23(17-25(33)21-9-11-22(30)12-10-21)26(34)31-13-15-32(16-14-31)27(35)28(3,4)18-29/h5-12,17H,13-16,18H2,1-4H3. The van der Waals surface area contributed by atoms with Crippen molar-refractivity contribution in [1.82, 2.24) is 14.4 Å². The Morgan fingerprint density at radius 1 is 0.914 bits per heavy atom. The number of rotatable bonds is 5. The fourth-order valence-electron chi connectivity index (χ4n) is 4.55. The first-order valence-electron chi connectivity index (χ1n) is 11.8. The van der Waals surface area contributed by atoms with E-state index in [9.17, 15) is 9.59 Å². The quantitative estimate of drug-likeness (QED) is 0.396. The fraction of sp³-hybridized carbons (Fsp3) is 0.357. The van der Waals surface area contributed by atoms with Crippen LogP contribution in [0.5, 0.6) is 0 Å². The highest BCUT2D eigenvalue weighted by Gasteiger charge is 2.34. The Bertz CT molecular complexity index is 1240. The molecule has 4 rings (SSSR count). The smallest absolute Gasteiger partial charge is 0.255 e. The number of hydrogen-bond donors (Lipinski definition) is 0. The van der Waals surface area contributed by atoms with Crippen molar-refractivity contribution in [2.24, 2.45) is 5.41 Å². The van der Waals surface area contributed by atoms with Crippen molar-refractivity contribution in [1.29, 1.82) is 0 Å². The monoisotopic (exact) mass is 511 g/mol. The van der Waals surface area contributed by atoms with Gasteiger partial charge in [-0.1, -0.05) is 41.9 Å². The van der Waals surface area contributed by atoms with Gasteiger partial charge >= 0.3 is 0 Å². The molecule has 1 saturated heterocycles. The first-order chi connectivity index (χ1) is 16.6. The zero-order valence-corrected chi connectivity index (χ0v) is 22.2. The van der Waals surface area contributed by atoms with Crippen molar-refractivity contribution in [2.45, 2.75) is 27.7 Å². The Morgan fingerprint density at radius 2 is 1.51 bits per heavy atom. The van der Waals surface area contributed by atoms with Gasteiger partial charge in [0.2, 0.25) is 5.91 Å². The van der Waals surface area contributed by atoms with Crippen molar-refractivity contribution in [3.63, 3.8) is 0 Å². The number of piperazine rings is 1. The number of carbonyl (C=O) groups excluding carboxylic acids is 2. The molecule has 0 radical (unpaired) electrons. The molecule has 0 spiro atoms. The molecule has 1 fully saturated rings. The van der Waals surface area contributed by atoms with E-state index in [0.29, 0.717) is 36.8 Å². The normalized spacial score (nSPS) is 14.3. The summed E-state index contributed by atoms with van der Waals surface area (Å²) in [5.74, 6) is 0.282. The van der Waals surface area contributed by atoms with Crippen molar-refractivity contribution >= 4 is 35.0 Å². The second-order valence-corrected chi connectivity index (χ2v) is 10.5. The molecule has 0 atom stereocenters. The molecule has 2 aromatic carbocycles. The van der Waals surface area contributed by atoms with Crippen LogP contribution in [0, 0.1) is 19.3 Å². The van der Waals surface area contributed by atoms with E-state index in [4.69, 9.17) is 23.2 Å². The van der Waals surface area contributed by atoms with Gasteiger partial charge in [-0.2, -0.15) is 0 Å². The summed E-state index contributed by atoms with van der Waals surface area (Å²) in [4.78, 5) is 30.1. The third-order valence-corrected chi connectivity index (χ3v) is 7.66. The summed E-state index contributed by atoms with van der Waals surface area (Å²) in [6.07, 6.45) is 0. The van der Waals surface area contributed by atoms with Gasteiger partial charge in [0.15, 0.2) is 0 Å². The van der Waals surface area contributed by atoms with Crippen LogP contribution in [0.25, 0.3) is 16.9 Å². The average Bonchev–Trinajstić information content (AvgIpc) is 3.20. The summed E-state index contributed by atoms with van der Waals surface area (Å²) in [5.41, 5.74) is 5.02. The minimum Gasteiger partial charge on any atom is -0.339 e. The molecule has 7 heteroatoms. The largest absolute Gasteiger partial charge is 0.339 e. The van der Waals surface area contributed by atoms with E-state index in [2.05, 4.69) is 23.6 Å². The Kier molecular flexibility index (Phi) is 7.30. The molecule has 0 aliphatic carbocycles. The number of nitrogens with zero attached hydrogens (tertiary/aromatic N) is 3. The fourth-order valence-corrected chi connectivity index (χ4v) is 4.79. The number of hydrogen-bond acceptors (Lipinski definition) is 2. The predicted octanol–water partition coefficient (Wildman–Crippen LogP) is 5.96. The molecule has 1 aliphatic rings. The number of alkyl halides is 1. The van der Waals surface area contributed by atoms with Crippen molar-refractivity contribution in [3.05, 3.63) is 76.4 Å². The van der Waals surface area contributed by atoms with Crippen LogP contribution in [0.15, 0.2) is 54.6 Å². The summed E-state index contributed by atoms with van der Waals surface area (Å²) in [5, 5.41) is 0.667. The van der Waals surface area contributed by atoms with Gasteiger partial charge in [0, 0.05) is 48.5 Å². The Balaban J connectivity index is 1.66. The number of amides is 2.